The summed E-state index contributed by atoms with van der Waals surface area (Å²) in [7, 11) is 0. The highest BCUT2D eigenvalue weighted by molar-refractivity contribution is 5.97. The number of carbonyl (C=O) groups is 2. The summed E-state index contributed by atoms with van der Waals surface area (Å²) in [6.45, 7) is 3.46. The molecule has 7 nitrogen and oxygen atoms in total. The van der Waals surface area contributed by atoms with E-state index in [1.165, 1.54) is 0 Å². The number of alkyl halides is 3. The van der Waals surface area contributed by atoms with E-state index < -0.39 is 12.6 Å². The van der Waals surface area contributed by atoms with Gasteiger partial charge in [0.1, 0.15) is 0 Å². The van der Waals surface area contributed by atoms with Crippen molar-refractivity contribution in [3.8, 4) is 22.4 Å². The molecule has 6 rings (SSSR count). The van der Waals surface area contributed by atoms with Crippen LogP contribution in [-0.2, 0) is 0 Å². The maximum Gasteiger partial charge on any atom is 0.390 e. The molecule has 218 valence electrons. The van der Waals surface area contributed by atoms with Crippen LogP contribution in [0.5, 0.6) is 0 Å². The number of amides is 2. The molecule has 0 atom stereocenters. The van der Waals surface area contributed by atoms with Crippen molar-refractivity contribution in [2.75, 3.05) is 11.9 Å². The number of nitrogens with one attached hydrogen (secondary N) is 3. The average Bonchev–Trinajstić information content (AvgIpc) is 3.87. The van der Waals surface area contributed by atoms with E-state index in [-0.39, 0.29) is 30.4 Å². The lowest BCUT2D eigenvalue weighted by molar-refractivity contribution is -0.131. The summed E-state index contributed by atoms with van der Waals surface area (Å²) >= 11 is 0. The molecular weight excluding hydrogens is 543 g/mol. The number of aromatic nitrogens is 2. The highest BCUT2D eigenvalue weighted by Gasteiger charge is 2.27. The van der Waals surface area contributed by atoms with Crippen LogP contribution in [0, 0.1) is 13.8 Å². The lowest BCUT2D eigenvalue weighted by atomic mass is 10.00. The van der Waals surface area contributed by atoms with E-state index in [2.05, 4.69) is 20.9 Å². The Morgan fingerprint density at radius 2 is 1.43 bits per heavy atom. The number of fused-ring (bicyclic) bond motifs is 1. The first-order valence-electron chi connectivity index (χ1n) is 14.2. The quantitative estimate of drug-likeness (QED) is 0.215. The van der Waals surface area contributed by atoms with Crippen molar-refractivity contribution in [3.05, 3.63) is 77.1 Å². The standard InChI is InChI=1S/C32H32F3N5O2/c1-18-13-20(3-9-25(18)30(41)38-23-5-6-23)22-15-27(36-12-11-32(33,34)35)29-37-16-28(40(29)17-22)21-4-10-26(19(2)14-21)31(42)39-24-7-8-24/h3-4,9-10,13-17,23-24,36H,5-8,11-12H2,1-2H3,(H,38,41)(H,39,42). The van der Waals surface area contributed by atoms with Crippen molar-refractivity contribution in [1.29, 1.82) is 0 Å². The normalized spacial score (nSPS) is 15.1. The molecule has 2 aliphatic rings. The van der Waals surface area contributed by atoms with Crippen LogP contribution in [0.4, 0.5) is 18.9 Å². The average molecular weight is 576 g/mol. The monoisotopic (exact) mass is 575 g/mol. The summed E-state index contributed by atoms with van der Waals surface area (Å²) in [6, 6.07) is 13.4. The summed E-state index contributed by atoms with van der Waals surface area (Å²) < 4.78 is 40.7. The number of imidazole rings is 1. The Kier molecular flexibility index (Phi) is 7.16. The number of carbonyl (C=O) groups excluding carboxylic acids is 2. The van der Waals surface area contributed by atoms with Gasteiger partial charge in [0.15, 0.2) is 5.65 Å². The molecule has 10 heteroatoms. The first-order chi connectivity index (χ1) is 20.1. The predicted octanol–water partition coefficient (Wildman–Crippen LogP) is 6.43. The Labute approximate surface area is 241 Å². The molecule has 3 N–H and O–H groups in total. The van der Waals surface area contributed by atoms with E-state index in [0.29, 0.717) is 22.5 Å². The van der Waals surface area contributed by atoms with Crippen LogP contribution in [0.3, 0.4) is 0 Å². The molecule has 0 spiro atoms. The predicted molar refractivity (Wildman–Crippen MR) is 156 cm³/mol. The van der Waals surface area contributed by atoms with Gasteiger partial charge in [0.2, 0.25) is 0 Å². The van der Waals surface area contributed by atoms with Gasteiger partial charge in [0, 0.05) is 47.1 Å². The van der Waals surface area contributed by atoms with Gasteiger partial charge in [-0.15, -0.1) is 0 Å². The number of aryl methyl sites for hydroxylation is 2. The molecule has 0 unspecified atom stereocenters. The third-order valence-corrected chi connectivity index (χ3v) is 7.73. The zero-order valence-corrected chi connectivity index (χ0v) is 23.4. The maximum absolute atomic E-state index is 13.0. The molecule has 2 aromatic heterocycles. The fourth-order valence-electron chi connectivity index (χ4n) is 5.09. The Morgan fingerprint density at radius 3 is 1.98 bits per heavy atom. The van der Waals surface area contributed by atoms with Crippen molar-refractivity contribution in [2.24, 2.45) is 0 Å². The Bertz CT molecular complexity index is 1690. The summed E-state index contributed by atoms with van der Waals surface area (Å²) in [5.74, 6) is -0.198. The van der Waals surface area contributed by atoms with Crippen molar-refractivity contribution in [3.63, 3.8) is 0 Å². The Morgan fingerprint density at radius 1 is 0.857 bits per heavy atom. The zero-order valence-electron chi connectivity index (χ0n) is 23.4. The van der Waals surface area contributed by atoms with Gasteiger partial charge in [-0.2, -0.15) is 13.2 Å². The van der Waals surface area contributed by atoms with Crippen molar-refractivity contribution >= 4 is 23.1 Å². The second-order valence-corrected chi connectivity index (χ2v) is 11.3. The van der Waals surface area contributed by atoms with Gasteiger partial charge >= 0.3 is 6.18 Å². The van der Waals surface area contributed by atoms with Gasteiger partial charge in [-0.3, -0.25) is 14.0 Å². The van der Waals surface area contributed by atoms with Gasteiger partial charge in [-0.05, 0) is 80.5 Å². The van der Waals surface area contributed by atoms with Gasteiger partial charge in [-0.25, -0.2) is 4.98 Å². The third kappa shape index (κ3) is 6.12. The van der Waals surface area contributed by atoms with E-state index in [1.807, 2.05) is 48.7 Å². The fraction of sp³-hybridized carbons (Fsp3) is 0.344. The highest BCUT2D eigenvalue weighted by Crippen LogP contribution is 2.33. The van der Waals surface area contributed by atoms with Gasteiger partial charge in [0.05, 0.1) is 24.0 Å². The third-order valence-electron chi connectivity index (χ3n) is 7.73. The lowest BCUT2D eigenvalue weighted by Crippen LogP contribution is -2.26. The number of hydrogen-bond acceptors (Lipinski definition) is 4. The minimum atomic E-state index is -4.29. The van der Waals surface area contributed by atoms with E-state index in [1.54, 1.807) is 24.4 Å². The van der Waals surface area contributed by atoms with Crippen molar-refractivity contribution in [2.45, 2.75) is 64.2 Å². The Balaban J connectivity index is 1.37. The molecule has 2 aliphatic carbocycles. The van der Waals surface area contributed by atoms with Crippen LogP contribution in [0.25, 0.3) is 28.0 Å². The van der Waals surface area contributed by atoms with Crippen LogP contribution in [0.2, 0.25) is 0 Å². The maximum atomic E-state index is 13.0. The smallest absolute Gasteiger partial charge is 0.382 e. The minimum Gasteiger partial charge on any atom is -0.382 e. The van der Waals surface area contributed by atoms with E-state index in [4.69, 9.17) is 0 Å². The number of nitrogens with zero attached hydrogens (tertiary/aromatic N) is 2. The van der Waals surface area contributed by atoms with Gasteiger partial charge in [-0.1, -0.05) is 18.2 Å². The second-order valence-electron chi connectivity index (χ2n) is 11.3. The molecule has 0 aliphatic heterocycles. The molecular formula is C32H32F3N5O2. The van der Waals surface area contributed by atoms with Crippen LogP contribution >= 0.6 is 0 Å². The summed E-state index contributed by atoms with van der Waals surface area (Å²) in [6.07, 6.45) is 2.31. The van der Waals surface area contributed by atoms with E-state index in [9.17, 15) is 22.8 Å². The molecule has 2 fully saturated rings. The van der Waals surface area contributed by atoms with Crippen LogP contribution in [0.1, 0.15) is 63.9 Å². The van der Waals surface area contributed by atoms with Gasteiger partial charge < -0.3 is 16.0 Å². The minimum absolute atomic E-state index is 0.0947. The summed E-state index contributed by atoms with van der Waals surface area (Å²) in [4.78, 5) is 29.9. The van der Waals surface area contributed by atoms with E-state index in [0.717, 1.165) is 59.2 Å². The van der Waals surface area contributed by atoms with Crippen LogP contribution in [0.15, 0.2) is 54.9 Å². The first kappa shape index (κ1) is 27.8. The molecule has 2 saturated carbocycles. The zero-order chi connectivity index (χ0) is 29.6. The molecule has 2 aromatic carbocycles. The van der Waals surface area contributed by atoms with Crippen LogP contribution in [-0.4, -0.2) is 46.0 Å². The van der Waals surface area contributed by atoms with E-state index >= 15 is 0 Å². The van der Waals surface area contributed by atoms with Crippen molar-refractivity contribution in [1.82, 2.24) is 20.0 Å². The van der Waals surface area contributed by atoms with Crippen molar-refractivity contribution < 1.29 is 22.8 Å². The number of halogens is 3. The van der Waals surface area contributed by atoms with Gasteiger partial charge in [0.25, 0.3) is 11.8 Å². The van der Waals surface area contributed by atoms with Crippen LogP contribution < -0.4 is 16.0 Å². The lowest BCUT2D eigenvalue weighted by Gasteiger charge is -2.15. The topological polar surface area (TPSA) is 87.5 Å². The highest BCUT2D eigenvalue weighted by atomic mass is 19.4. The number of pyridine rings is 1. The molecule has 0 bridgehead atoms. The molecule has 42 heavy (non-hydrogen) atoms. The number of anilines is 1. The molecule has 0 radical (unpaired) electrons. The SMILES string of the molecule is Cc1cc(-c2cc(NCCC(F)(F)F)c3ncc(-c4ccc(C(=O)NC5CC5)c(C)c4)n3c2)ccc1C(=O)NC1CC1. The molecule has 4 aromatic rings. The number of benzene rings is 2. The fourth-order valence-corrected chi connectivity index (χ4v) is 5.09. The Hall–Kier alpha value is -4.34. The first-order valence-corrected chi connectivity index (χ1v) is 14.2. The largest absolute Gasteiger partial charge is 0.390 e. The molecule has 0 saturated heterocycles. The molecule has 2 amide bonds. The molecule has 2 heterocycles. The number of rotatable bonds is 9. The second kappa shape index (κ2) is 10.8. The number of hydrogen-bond donors (Lipinski definition) is 3. The summed E-state index contributed by atoms with van der Waals surface area (Å²) in [5.41, 5.74) is 6.91. The summed E-state index contributed by atoms with van der Waals surface area (Å²) in [5, 5.41) is 8.96.